The second-order valence-electron chi connectivity index (χ2n) is 9.13. The van der Waals surface area contributed by atoms with Crippen molar-refractivity contribution in [2.24, 2.45) is 5.92 Å². The summed E-state index contributed by atoms with van der Waals surface area (Å²) in [6.45, 7) is 8.66. The van der Waals surface area contributed by atoms with Crippen molar-refractivity contribution in [1.29, 1.82) is 0 Å². The average molecular weight is 380 g/mol. The molecule has 0 unspecified atom stereocenters. The normalized spacial score (nSPS) is 29.0. The van der Waals surface area contributed by atoms with Crippen molar-refractivity contribution in [3.05, 3.63) is 24.0 Å². The molecule has 2 saturated heterocycles. The lowest BCUT2D eigenvalue weighted by atomic mass is 10.0. The number of rotatable bonds is 3. The van der Waals surface area contributed by atoms with Gasteiger partial charge in [-0.1, -0.05) is 0 Å². The van der Waals surface area contributed by atoms with Gasteiger partial charge in [-0.2, -0.15) is 0 Å². The van der Waals surface area contributed by atoms with Crippen LogP contribution in [0, 0.1) is 5.92 Å². The fourth-order valence-corrected chi connectivity index (χ4v) is 6.25. The van der Waals surface area contributed by atoms with Gasteiger partial charge in [0.1, 0.15) is 0 Å². The fourth-order valence-electron chi connectivity index (χ4n) is 4.24. The summed E-state index contributed by atoms with van der Waals surface area (Å²) in [4.78, 5) is 17.3. The second kappa shape index (κ2) is 6.09. The Morgan fingerprint density at radius 1 is 1.15 bits per heavy atom. The predicted molar refractivity (Wildman–Crippen MR) is 101 cm³/mol. The highest BCUT2D eigenvalue weighted by molar-refractivity contribution is 7.91. The van der Waals surface area contributed by atoms with Crippen LogP contribution in [0.3, 0.4) is 0 Å². The summed E-state index contributed by atoms with van der Waals surface area (Å²) in [6.07, 6.45) is 6.32. The highest BCUT2D eigenvalue weighted by Gasteiger charge is 2.48. The van der Waals surface area contributed by atoms with Crippen LogP contribution >= 0.6 is 0 Å². The number of nitrogens with zero attached hydrogens (tertiary/aromatic N) is 3. The van der Waals surface area contributed by atoms with Crippen molar-refractivity contribution in [2.75, 3.05) is 31.1 Å². The van der Waals surface area contributed by atoms with Gasteiger partial charge in [0.2, 0.25) is 0 Å². The van der Waals surface area contributed by atoms with Crippen LogP contribution in [0.25, 0.3) is 0 Å². The molecular weight excluding hydrogens is 350 g/mol. The van der Waals surface area contributed by atoms with E-state index >= 15 is 0 Å². The van der Waals surface area contributed by atoms with Crippen LogP contribution in [-0.2, 0) is 15.4 Å². The third kappa shape index (κ3) is 3.43. The summed E-state index contributed by atoms with van der Waals surface area (Å²) in [7, 11) is -3.08. The Bertz CT molecular complexity index is 804. The molecule has 1 aromatic heterocycles. The standard InChI is InChI=1S/C19H29N3O3S/c1-19(2,3)21-7-6-15(11-21)18(23)22-9-8-20(10-14-4-5-14)16-12-26(24,25)13-17(16)22/h6-7,11,14,16-17H,4-5,8-10,12-13H2,1-3H3/t16-,17+/m1/s1. The Labute approximate surface area is 156 Å². The lowest BCUT2D eigenvalue weighted by Crippen LogP contribution is -2.60. The monoisotopic (exact) mass is 379 g/mol. The molecule has 26 heavy (non-hydrogen) atoms. The second-order valence-corrected chi connectivity index (χ2v) is 11.3. The molecule has 4 rings (SSSR count). The topological polar surface area (TPSA) is 62.6 Å². The van der Waals surface area contributed by atoms with E-state index in [2.05, 4.69) is 25.7 Å². The molecule has 0 radical (unpaired) electrons. The molecule has 7 heteroatoms. The number of sulfone groups is 1. The number of amides is 1. The van der Waals surface area contributed by atoms with Gasteiger partial charge in [-0.25, -0.2) is 8.42 Å². The van der Waals surface area contributed by atoms with Crippen LogP contribution in [-0.4, -0.2) is 71.9 Å². The molecule has 3 heterocycles. The van der Waals surface area contributed by atoms with Gasteiger partial charge in [-0.3, -0.25) is 9.69 Å². The summed E-state index contributed by atoms with van der Waals surface area (Å²) in [5, 5.41) is 0. The Hall–Kier alpha value is -1.34. The first-order chi connectivity index (χ1) is 12.1. The number of fused-ring (bicyclic) bond motifs is 1. The van der Waals surface area contributed by atoms with E-state index in [-0.39, 0.29) is 35.0 Å². The van der Waals surface area contributed by atoms with E-state index in [0.717, 1.165) is 19.0 Å². The highest BCUT2D eigenvalue weighted by Crippen LogP contribution is 2.34. The minimum atomic E-state index is -3.08. The summed E-state index contributed by atoms with van der Waals surface area (Å²) in [5.74, 6) is 0.982. The van der Waals surface area contributed by atoms with Gasteiger partial charge < -0.3 is 9.47 Å². The van der Waals surface area contributed by atoms with Gasteiger partial charge in [-0.15, -0.1) is 0 Å². The number of piperazine rings is 1. The van der Waals surface area contributed by atoms with Crippen molar-refractivity contribution in [2.45, 2.75) is 51.2 Å². The van der Waals surface area contributed by atoms with Gasteiger partial charge in [0.25, 0.3) is 5.91 Å². The van der Waals surface area contributed by atoms with Crippen LogP contribution < -0.4 is 0 Å². The van der Waals surface area contributed by atoms with Gasteiger partial charge in [0.15, 0.2) is 9.84 Å². The van der Waals surface area contributed by atoms with E-state index in [4.69, 9.17) is 0 Å². The predicted octanol–water partition coefficient (Wildman–Crippen LogP) is 1.58. The Morgan fingerprint density at radius 2 is 1.85 bits per heavy atom. The zero-order chi connectivity index (χ0) is 18.7. The fraction of sp³-hybridized carbons (Fsp3) is 0.737. The van der Waals surface area contributed by atoms with Gasteiger partial charge >= 0.3 is 0 Å². The Balaban J connectivity index is 1.56. The molecule has 1 amide bonds. The van der Waals surface area contributed by atoms with Crippen LogP contribution in [0.1, 0.15) is 44.0 Å². The molecule has 0 spiro atoms. The van der Waals surface area contributed by atoms with Crippen molar-refractivity contribution in [1.82, 2.24) is 14.4 Å². The largest absolute Gasteiger partial charge is 0.348 e. The molecule has 6 nitrogen and oxygen atoms in total. The van der Waals surface area contributed by atoms with Gasteiger partial charge in [-0.05, 0) is 45.6 Å². The first kappa shape index (κ1) is 18.0. The maximum atomic E-state index is 13.1. The molecule has 0 bridgehead atoms. The maximum Gasteiger partial charge on any atom is 0.255 e. The van der Waals surface area contributed by atoms with Crippen molar-refractivity contribution >= 4 is 15.7 Å². The van der Waals surface area contributed by atoms with Crippen molar-refractivity contribution < 1.29 is 13.2 Å². The quantitative estimate of drug-likeness (QED) is 0.800. The highest BCUT2D eigenvalue weighted by atomic mass is 32.2. The van der Waals surface area contributed by atoms with E-state index < -0.39 is 9.84 Å². The van der Waals surface area contributed by atoms with Crippen molar-refractivity contribution in [3.8, 4) is 0 Å². The number of carbonyl (C=O) groups excluding carboxylic acids is 1. The minimum absolute atomic E-state index is 0.0360. The van der Waals surface area contributed by atoms with E-state index in [9.17, 15) is 13.2 Å². The molecule has 3 fully saturated rings. The van der Waals surface area contributed by atoms with Crippen molar-refractivity contribution in [3.63, 3.8) is 0 Å². The average Bonchev–Trinajstić information content (AvgIpc) is 3.08. The zero-order valence-electron chi connectivity index (χ0n) is 15.9. The zero-order valence-corrected chi connectivity index (χ0v) is 16.7. The van der Waals surface area contributed by atoms with Crippen LogP contribution in [0.2, 0.25) is 0 Å². The molecule has 144 valence electrons. The summed E-state index contributed by atoms with van der Waals surface area (Å²) in [6, 6.07) is 1.60. The molecule has 0 N–H and O–H groups in total. The van der Waals surface area contributed by atoms with E-state index in [1.54, 1.807) is 0 Å². The summed E-state index contributed by atoms with van der Waals surface area (Å²) >= 11 is 0. The van der Waals surface area contributed by atoms with Gasteiger partial charge in [0.05, 0.1) is 23.1 Å². The molecule has 0 aromatic carbocycles. The Kier molecular flexibility index (Phi) is 4.23. The van der Waals surface area contributed by atoms with Gasteiger partial charge in [0, 0.05) is 43.6 Å². The SMILES string of the molecule is CC(C)(C)n1ccc(C(=O)N2CCN(CC3CC3)[C@@H]3CS(=O)(=O)C[C@@H]32)c1. The third-order valence-electron chi connectivity index (χ3n) is 5.96. The smallest absolute Gasteiger partial charge is 0.255 e. The lowest BCUT2D eigenvalue weighted by Gasteiger charge is -2.44. The number of hydrogen-bond acceptors (Lipinski definition) is 4. The molecule has 1 saturated carbocycles. The summed E-state index contributed by atoms with van der Waals surface area (Å²) < 4.78 is 26.7. The van der Waals surface area contributed by atoms with E-state index in [0.29, 0.717) is 12.1 Å². The molecule has 2 atom stereocenters. The number of aromatic nitrogens is 1. The molecule has 1 aromatic rings. The van der Waals surface area contributed by atoms with Crippen LogP contribution in [0.15, 0.2) is 18.5 Å². The van der Waals surface area contributed by atoms with Crippen LogP contribution in [0.5, 0.6) is 0 Å². The van der Waals surface area contributed by atoms with Crippen LogP contribution in [0.4, 0.5) is 0 Å². The third-order valence-corrected chi connectivity index (χ3v) is 7.65. The molecule has 1 aliphatic carbocycles. The maximum absolute atomic E-state index is 13.1. The first-order valence-electron chi connectivity index (χ1n) is 9.58. The molecule has 2 aliphatic heterocycles. The lowest BCUT2D eigenvalue weighted by molar-refractivity contribution is 0.0318. The minimum Gasteiger partial charge on any atom is -0.348 e. The summed E-state index contributed by atoms with van der Waals surface area (Å²) in [5.41, 5.74) is 0.569. The Morgan fingerprint density at radius 3 is 2.46 bits per heavy atom. The number of hydrogen-bond donors (Lipinski definition) is 0. The number of carbonyl (C=O) groups is 1. The van der Waals surface area contributed by atoms with E-state index in [1.165, 1.54) is 12.8 Å². The molecule has 3 aliphatic rings. The molecular formula is C19H29N3O3S. The first-order valence-corrected chi connectivity index (χ1v) is 11.4. The van der Waals surface area contributed by atoms with E-state index in [1.807, 2.05) is 27.9 Å².